The van der Waals surface area contributed by atoms with E-state index in [-0.39, 0.29) is 0 Å². The number of para-hydroxylation sites is 1. The maximum Gasteiger partial charge on any atom is 0.139 e. The fourth-order valence-electron chi connectivity index (χ4n) is 1.47. The molecule has 3 heteroatoms. The highest BCUT2D eigenvalue weighted by Gasteiger charge is 1.94. The van der Waals surface area contributed by atoms with Gasteiger partial charge in [-0.2, -0.15) is 0 Å². The van der Waals surface area contributed by atoms with E-state index in [0.717, 1.165) is 11.5 Å². The van der Waals surface area contributed by atoms with Crippen LogP contribution in [0.5, 0.6) is 11.5 Å². The molecule has 0 saturated carbocycles. The fourth-order valence-corrected chi connectivity index (χ4v) is 1.47. The van der Waals surface area contributed by atoms with Crippen molar-refractivity contribution >= 4 is 13.3 Å². The molecule has 0 heterocycles. The number of benzene rings is 2. The van der Waals surface area contributed by atoms with Crippen molar-refractivity contribution in [1.82, 2.24) is 0 Å². The molecule has 0 aliphatic carbocycles. The molecule has 0 atom stereocenters. The molecule has 0 bridgehead atoms. The third kappa shape index (κ3) is 3.87. The SMILES string of the molecule is Bc1ccc(OCCOc2ccccc2)cc1. The molecule has 0 unspecified atom stereocenters. The van der Waals surface area contributed by atoms with E-state index in [1.807, 2.05) is 54.6 Å². The van der Waals surface area contributed by atoms with Crippen molar-refractivity contribution in [3.05, 3.63) is 54.6 Å². The van der Waals surface area contributed by atoms with Gasteiger partial charge in [-0.15, -0.1) is 0 Å². The average Bonchev–Trinajstić information content (AvgIpc) is 2.38. The third-order valence-corrected chi connectivity index (χ3v) is 2.38. The summed E-state index contributed by atoms with van der Waals surface area (Å²) in [5.74, 6) is 1.76. The van der Waals surface area contributed by atoms with E-state index in [9.17, 15) is 0 Å². The quantitative estimate of drug-likeness (QED) is 0.566. The molecule has 0 radical (unpaired) electrons. The predicted molar refractivity (Wildman–Crippen MR) is 72.1 cm³/mol. The lowest BCUT2D eigenvalue weighted by Gasteiger charge is -2.08. The van der Waals surface area contributed by atoms with Crippen LogP contribution in [0.4, 0.5) is 0 Å². The monoisotopic (exact) mass is 226 g/mol. The first kappa shape index (κ1) is 11.6. The van der Waals surface area contributed by atoms with Crippen LogP contribution >= 0.6 is 0 Å². The zero-order valence-electron chi connectivity index (χ0n) is 9.93. The van der Waals surface area contributed by atoms with E-state index in [4.69, 9.17) is 9.47 Å². The summed E-state index contributed by atoms with van der Waals surface area (Å²) in [6.07, 6.45) is 0. The van der Waals surface area contributed by atoms with Crippen molar-refractivity contribution in [3.63, 3.8) is 0 Å². The van der Waals surface area contributed by atoms with Crippen LogP contribution in [-0.2, 0) is 0 Å². The highest BCUT2D eigenvalue weighted by atomic mass is 16.5. The molecule has 86 valence electrons. The molecule has 2 rings (SSSR count). The molecular formula is C14H15BO2. The minimum Gasteiger partial charge on any atom is -0.490 e. The molecule has 0 spiro atoms. The molecule has 0 N–H and O–H groups in total. The second-order valence-electron chi connectivity index (χ2n) is 3.82. The summed E-state index contributed by atoms with van der Waals surface area (Å²) in [4.78, 5) is 0. The maximum absolute atomic E-state index is 5.56. The minimum absolute atomic E-state index is 0.553. The molecule has 2 nitrogen and oxygen atoms in total. The van der Waals surface area contributed by atoms with E-state index < -0.39 is 0 Å². The van der Waals surface area contributed by atoms with Gasteiger partial charge in [-0.1, -0.05) is 35.8 Å². The zero-order valence-corrected chi connectivity index (χ0v) is 9.93. The standard InChI is InChI=1S/C14H15BO2/c15-12-6-8-14(9-7-12)17-11-10-16-13-4-2-1-3-5-13/h1-9H,10-11,15H2. The lowest BCUT2D eigenvalue weighted by Crippen LogP contribution is -2.09. The number of ether oxygens (including phenoxy) is 2. The molecular weight excluding hydrogens is 211 g/mol. The van der Waals surface area contributed by atoms with Gasteiger partial charge in [-0.3, -0.25) is 0 Å². The largest absolute Gasteiger partial charge is 0.490 e. The van der Waals surface area contributed by atoms with Crippen molar-refractivity contribution in [2.24, 2.45) is 0 Å². The first-order valence-corrected chi connectivity index (χ1v) is 5.72. The van der Waals surface area contributed by atoms with Crippen molar-refractivity contribution in [3.8, 4) is 11.5 Å². The Labute approximate surface area is 103 Å². The Morgan fingerprint density at radius 1 is 0.706 bits per heavy atom. The van der Waals surface area contributed by atoms with Gasteiger partial charge in [0.25, 0.3) is 0 Å². The van der Waals surface area contributed by atoms with E-state index in [0.29, 0.717) is 13.2 Å². The van der Waals surface area contributed by atoms with Crippen LogP contribution in [0.1, 0.15) is 0 Å². The summed E-state index contributed by atoms with van der Waals surface area (Å²) in [7, 11) is 2.06. The Morgan fingerprint density at radius 3 is 1.82 bits per heavy atom. The van der Waals surface area contributed by atoms with E-state index >= 15 is 0 Å². The summed E-state index contributed by atoms with van der Waals surface area (Å²) in [5.41, 5.74) is 1.23. The second kappa shape index (κ2) is 5.99. The number of hydrogen-bond donors (Lipinski definition) is 0. The van der Waals surface area contributed by atoms with Gasteiger partial charge >= 0.3 is 0 Å². The molecule has 2 aromatic carbocycles. The normalized spacial score (nSPS) is 9.88. The van der Waals surface area contributed by atoms with Gasteiger partial charge in [0.1, 0.15) is 32.6 Å². The molecule has 17 heavy (non-hydrogen) atoms. The summed E-state index contributed by atoms with van der Waals surface area (Å²) in [5, 5.41) is 0. The van der Waals surface area contributed by atoms with Gasteiger partial charge in [0, 0.05) is 0 Å². The molecule has 0 aliphatic heterocycles. The number of hydrogen-bond acceptors (Lipinski definition) is 2. The Kier molecular flexibility index (Phi) is 4.08. The molecule has 0 fully saturated rings. The summed E-state index contributed by atoms with van der Waals surface area (Å²) in [6, 6.07) is 17.8. The smallest absolute Gasteiger partial charge is 0.139 e. The third-order valence-electron chi connectivity index (χ3n) is 2.38. The fraction of sp³-hybridized carbons (Fsp3) is 0.143. The Bertz CT molecular complexity index is 440. The lowest BCUT2D eigenvalue weighted by molar-refractivity contribution is 0.217. The summed E-state index contributed by atoms with van der Waals surface area (Å²) < 4.78 is 11.1. The van der Waals surface area contributed by atoms with E-state index in [1.54, 1.807) is 0 Å². The van der Waals surface area contributed by atoms with Gasteiger partial charge in [-0.05, 0) is 24.3 Å². The highest BCUT2D eigenvalue weighted by Crippen LogP contribution is 2.09. The van der Waals surface area contributed by atoms with Gasteiger partial charge in [-0.25, -0.2) is 0 Å². The number of rotatable bonds is 5. The molecule has 0 aliphatic rings. The maximum atomic E-state index is 5.56. The van der Waals surface area contributed by atoms with Crippen LogP contribution in [0.15, 0.2) is 54.6 Å². The van der Waals surface area contributed by atoms with Crippen LogP contribution in [0.2, 0.25) is 0 Å². The van der Waals surface area contributed by atoms with Crippen molar-refractivity contribution in [1.29, 1.82) is 0 Å². The van der Waals surface area contributed by atoms with Crippen LogP contribution in [-0.4, -0.2) is 21.1 Å². The van der Waals surface area contributed by atoms with E-state index in [2.05, 4.69) is 7.85 Å². The van der Waals surface area contributed by atoms with Crippen molar-refractivity contribution < 1.29 is 9.47 Å². The van der Waals surface area contributed by atoms with Gasteiger partial charge < -0.3 is 9.47 Å². The topological polar surface area (TPSA) is 18.5 Å². The highest BCUT2D eigenvalue weighted by molar-refractivity contribution is 6.32. The zero-order chi connectivity index (χ0) is 11.9. The second-order valence-corrected chi connectivity index (χ2v) is 3.82. The van der Waals surface area contributed by atoms with Gasteiger partial charge in [0.2, 0.25) is 0 Å². The van der Waals surface area contributed by atoms with Crippen LogP contribution in [0, 0.1) is 0 Å². The molecule has 0 saturated heterocycles. The van der Waals surface area contributed by atoms with Gasteiger partial charge in [0.05, 0.1) is 0 Å². The van der Waals surface area contributed by atoms with Crippen molar-refractivity contribution in [2.45, 2.75) is 0 Å². The first-order valence-electron chi connectivity index (χ1n) is 5.72. The van der Waals surface area contributed by atoms with Crippen LogP contribution in [0.25, 0.3) is 0 Å². The molecule has 0 aromatic heterocycles. The Balaban J connectivity index is 1.71. The lowest BCUT2D eigenvalue weighted by atomic mass is 9.97. The predicted octanol–water partition coefficient (Wildman–Crippen LogP) is 1.40. The summed E-state index contributed by atoms with van der Waals surface area (Å²) >= 11 is 0. The van der Waals surface area contributed by atoms with Gasteiger partial charge in [0.15, 0.2) is 0 Å². The average molecular weight is 226 g/mol. The van der Waals surface area contributed by atoms with Crippen LogP contribution < -0.4 is 14.9 Å². The van der Waals surface area contributed by atoms with Crippen LogP contribution in [0.3, 0.4) is 0 Å². The molecule has 2 aromatic rings. The summed E-state index contributed by atoms with van der Waals surface area (Å²) in [6.45, 7) is 1.11. The Morgan fingerprint density at radius 2 is 1.24 bits per heavy atom. The molecule has 0 amide bonds. The van der Waals surface area contributed by atoms with E-state index in [1.165, 1.54) is 5.46 Å². The van der Waals surface area contributed by atoms with Crippen molar-refractivity contribution in [2.75, 3.05) is 13.2 Å². The first-order chi connectivity index (χ1) is 8.34. The Hall–Kier alpha value is -1.90. The minimum atomic E-state index is 0.553.